The Hall–Kier alpha value is -8.58. The third-order valence-electron chi connectivity index (χ3n) is 12.6. The van der Waals surface area contributed by atoms with Gasteiger partial charge in [0.15, 0.2) is 24.5 Å². The van der Waals surface area contributed by atoms with Crippen LogP contribution in [0.1, 0.15) is 74.4 Å². The van der Waals surface area contributed by atoms with Gasteiger partial charge in [-0.1, -0.05) is 140 Å². The summed E-state index contributed by atoms with van der Waals surface area (Å²) < 4.78 is 40.4. The first-order valence-electron chi connectivity index (χ1n) is 24.7. The fourth-order valence-corrected chi connectivity index (χ4v) is 9.33. The highest BCUT2D eigenvalue weighted by atomic mass is 16.7. The number of carbonyl (C=O) groups is 8. The van der Waals surface area contributed by atoms with Crippen molar-refractivity contribution < 1.29 is 71.5 Å². The molecule has 0 aromatic heterocycles. The predicted molar refractivity (Wildman–Crippen MR) is 272 cm³/mol. The van der Waals surface area contributed by atoms with Crippen LogP contribution in [0.4, 0.5) is 9.59 Å². The van der Waals surface area contributed by atoms with Crippen molar-refractivity contribution in [3.63, 3.8) is 0 Å². The average molecular weight is 1040 g/mol. The van der Waals surface area contributed by atoms with Gasteiger partial charge in [0.05, 0.1) is 6.04 Å². The normalized spacial score (nSPS) is 18.6. The molecule has 1 fully saturated rings. The van der Waals surface area contributed by atoms with Gasteiger partial charge >= 0.3 is 36.1 Å². The molecule has 0 radical (unpaired) electrons. The van der Waals surface area contributed by atoms with Gasteiger partial charge in [0.1, 0.15) is 38.0 Å². The lowest BCUT2D eigenvalue weighted by Gasteiger charge is -2.49. The van der Waals surface area contributed by atoms with Crippen LogP contribution in [0, 0.1) is 0 Å². The maximum Gasteiger partial charge on any atom is 0.408 e. The van der Waals surface area contributed by atoms with Crippen molar-refractivity contribution in [2.75, 3.05) is 19.8 Å². The first-order chi connectivity index (χ1) is 36.6. The highest BCUT2D eigenvalue weighted by Gasteiger charge is 2.57. The van der Waals surface area contributed by atoms with E-state index >= 15 is 9.59 Å². The van der Waals surface area contributed by atoms with Crippen molar-refractivity contribution in [3.05, 3.63) is 167 Å². The quantitative estimate of drug-likeness (QED) is 0.0579. The van der Waals surface area contributed by atoms with E-state index in [1.807, 2.05) is 78.9 Å². The van der Waals surface area contributed by atoms with Gasteiger partial charge in [-0.2, -0.15) is 0 Å². The van der Waals surface area contributed by atoms with Crippen LogP contribution in [0.25, 0.3) is 11.1 Å². The Morgan fingerprint density at radius 2 is 1.07 bits per heavy atom. The number of amides is 4. The van der Waals surface area contributed by atoms with E-state index in [1.165, 1.54) is 6.92 Å². The van der Waals surface area contributed by atoms with Gasteiger partial charge in [0.2, 0.25) is 11.8 Å². The lowest BCUT2D eigenvalue weighted by atomic mass is 9.94. The molecular weight excluding hydrogens is 981 g/mol. The van der Waals surface area contributed by atoms with Gasteiger partial charge in [-0.15, -0.1) is 0 Å². The van der Waals surface area contributed by atoms with Crippen molar-refractivity contribution in [2.45, 2.75) is 102 Å². The fourth-order valence-electron chi connectivity index (χ4n) is 9.33. The van der Waals surface area contributed by atoms with Crippen LogP contribution in [-0.4, -0.2) is 115 Å². The number of alkyl carbamates (subject to hydrolysis) is 2. The highest BCUT2D eigenvalue weighted by Crippen LogP contribution is 2.44. The number of carbonyl (C=O) groups excluding carboxylic acids is 8. The van der Waals surface area contributed by atoms with Gasteiger partial charge in [0, 0.05) is 40.2 Å². The van der Waals surface area contributed by atoms with E-state index in [-0.39, 0.29) is 37.7 Å². The summed E-state index contributed by atoms with van der Waals surface area (Å²) in [5.41, 5.74) is 5.75. The molecule has 1 aliphatic carbocycles. The molecule has 5 aromatic carbocycles. The van der Waals surface area contributed by atoms with Crippen molar-refractivity contribution in [3.8, 4) is 11.1 Å². The number of ether oxygens (including phenoxy) is 7. The van der Waals surface area contributed by atoms with E-state index in [9.17, 15) is 28.8 Å². The van der Waals surface area contributed by atoms with Crippen molar-refractivity contribution >= 4 is 47.9 Å². The molecule has 4 amide bonds. The number of nitrogens with zero attached hydrogens (tertiary/aromatic N) is 1. The molecule has 8 atom stereocenters. The highest BCUT2D eigenvalue weighted by molar-refractivity contribution is 5.92. The zero-order valence-electron chi connectivity index (χ0n) is 42.6. The zero-order chi connectivity index (χ0) is 54.3. The molecule has 3 N–H and O–H groups in total. The topological polar surface area (TPSA) is 240 Å². The van der Waals surface area contributed by atoms with Gasteiger partial charge in [-0.3, -0.25) is 33.7 Å². The molecule has 0 bridgehead atoms. The Balaban J connectivity index is 1.24. The molecule has 1 aliphatic heterocycles. The molecule has 0 saturated carbocycles. The summed E-state index contributed by atoms with van der Waals surface area (Å²) in [5, 5.41) is 8.34. The van der Waals surface area contributed by atoms with E-state index in [0.29, 0.717) is 5.56 Å². The fraction of sp³-hybridized carbons (Fsp3) is 0.333. The van der Waals surface area contributed by atoms with Crippen LogP contribution in [-0.2, 0) is 75.0 Å². The second kappa shape index (κ2) is 26.1. The summed E-state index contributed by atoms with van der Waals surface area (Å²) in [6, 6.07) is 37.6. The van der Waals surface area contributed by atoms with Crippen LogP contribution in [0.15, 0.2) is 140 Å². The second-order valence-corrected chi connectivity index (χ2v) is 18.2. The Kier molecular flexibility index (Phi) is 18.9. The minimum absolute atomic E-state index is 0.0133. The molecule has 1 unspecified atom stereocenters. The third kappa shape index (κ3) is 14.4. The maximum absolute atomic E-state index is 15.4. The van der Waals surface area contributed by atoms with Crippen molar-refractivity contribution in [1.29, 1.82) is 0 Å². The van der Waals surface area contributed by atoms with Crippen molar-refractivity contribution in [2.24, 2.45) is 0 Å². The Morgan fingerprint density at radius 3 is 1.64 bits per heavy atom. The summed E-state index contributed by atoms with van der Waals surface area (Å²) in [7, 11) is 0. The average Bonchev–Trinajstić information content (AvgIpc) is 3.74. The molecule has 1 saturated heterocycles. The number of fused-ring (bicyclic) bond motifs is 3. The van der Waals surface area contributed by atoms with E-state index in [0.717, 1.165) is 60.4 Å². The summed E-state index contributed by atoms with van der Waals surface area (Å²) in [5.74, 6) is -5.70. The summed E-state index contributed by atoms with van der Waals surface area (Å²) in [4.78, 5) is 110. The molecule has 19 heteroatoms. The first kappa shape index (κ1) is 55.2. The maximum atomic E-state index is 15.4. The molecule has 5 aromatic rings. The summed E-state index contributed by atoms with van der Waals surface area (Å²) in [6.07, 6.45) is -10.3. The van der Waals surface area contributed by atoms with Crippen molar-refractivity contribution in [1.82, 2.24) is 20.9 Å². The second-order valence-electron chi connectivity index (χ2n) is 18.2. The molecule has 0 spiro atoms. The lowest BCUT2D eigenvalue weighted by molar-refractivity contribution is -0.279. The molecular formula is C57H60N4O15. The van der Waals surface area contributed by atoms with Crippen LogP contribution in [0.3, 0.4) is 0 Å². The number of hydrogen-bond acceptors (Lipinski definition) is 15. The Morgan fingerprint density at radius 1 is 0.553 bits per heavy atom. The van der Waals surface area contributed by atoms with Gasteiger partial charge in [0.25, 0.3) is 0 Å². The molecule has 7 rings (SSSR count). The molecule has 1 heterocycles. The van der Waals surface area contributed by atoms with Gasteiger partial charge < -0.3 is 49.1 Å². The minimum Gasteiger partial charge on any atom is -0.463 e. The third-order valence-corrected chi connectivity index (χ3v) is 12.6. The monoisotopic (exact) mass is 1040 g/mol. The number of hydrogen-bond donors (Lipinski definition) is 3. The number of esters is 4. The molecule has 19 nitrogen and oxygen atoms in total. The molecule has 2 aliphatic rings. The minimum atomic E-state index is -1.94. The lowest BCUT2D eigenvalue weighted by Crippen LogP contribution is -2.69. The summed E-state index contributed by atoms with van der Waals surface area (Å²) >= 11 is 0. The van der Waals surface area contributed by atoms with Crippen LogP contribution < -0.4 is 16.0 Å². The molecule has 76 heavy (non-hydrogen) atoms. The number of rotatable bonds is 20. The Labute approximate surface area is 439 Å². The van der Waals surface area contributed by atoms with E-state index in [4.69, 9.17) is 33.2 Å². The van der Waals surface area contributed by atoms with Gasteiger partial charge in [-0.25, -0.2) is 9.59 Å². The van der Waals surface area contributed by atoms with Crippen LogP contribution >= 0.6 is 0 Å². The van der Waals surface area contributed by atoms with Crippen LogP contribution in [0.2, 0.25) is 0 Å². The van der Waals surface area contributed by atoms with E-state index < -0.39 is 103 Å². The predicted octanol–water partition coefficient (Wildman–Crippen LogP) is 6.22. The van der Waals surface area contributed by atoms with Gasteiger partial charge in [-0.05, 0) is 52.3 Å². The largest absolute Gasteiger partial charge is 0.463 e. The standard InChI is InChI=1S/C57H60N4O15/c1-34(59-56(68)71-31-40-21-11-7-12-22-40)54(67)61(55-52(75-38(5)65)51(74-37(4)64)50(73-36(3)63)48(76-55)33-70-35(2)62)49(41-23-13-8-14-24-41)53(66)58-30-42(29-39-19-9-6-10-20-39)60-57(69)72-32-47-45-27-17-15-25-43(45)44-26-16-18-28-46(44)47/h6-28,34,42,47-52,55H,29-33H2,1-5H3,(H,58,66)(H,59,68)(H,60,69)/t34-,42-,48+,49?,50+,51-,52+,55+/m0/s1. The van der Waals surface area contributed by atoms with E-state index in [1.54, 1.807) is 60.7 Å². The molecule has 398 valence electrons. The SMILES string of the molecule is CC(=O)OC[C@H]1O[C@@H](N(C(=O)[C@H](C)NC(=O)OCc2ccccc2)C(C(=O)NC[C@H](Cc2ccccc2)NC(=O)OCC2c3ccccc3-c3ccccc32)c2ccccc2)[C@H](OC(C)=O)[C@@H](OC(C)=O)[C@@H]1OC(C)=O. The Bertz CT molecular complexity index is 2810. The summed E-state index contributed by atoms with van der Waals surface area (Å²) in [6.45, 7) is 4.50. The number of benzene rings is 5. The van der Waals surface area contributed by atoms with Crippen LogP contribution in [0.5, 0.6) is 0 Å². The smallest absolute Gasteiger partial charge is 0.408 e. The zero-order valence-corrected chi connectivity index (χ0v) is 42.6. The first-order valence-corrected chi connectivity index (χ1v) is 24.7. The van der Waals surface area contributed by atoms with E-state index in [2.05, 4.69) is 16.0 Å². The number of nitrogens with one attached hydrogen (secondary N) is 3.